The van der Waals surface area contributed by atoms with Crippen LogP contribution < -0.4 is 11.1 Å². The third-order valence-corrected chi connectivity index (χ3v) is 6.99. The van der Waals surface area contributed by atoms with E-state index in [0.29, 0.717) is 6.42 Å². The molecular formula is C33H39N5O3. The number of rotatable bonds is 11. The number of hydrogen-bond acceptors (Lipinski definition) is 6. The minimum atomic E-state index is -0.869. The van der Waals surface area contributed by atoms with Gasteiger partial charge in [0.2, 0.25) is 11.8 Å². The van der Waals surface area contributed by atoms with Gasteiger partial charge in [-0.15, -0.1) is 0 Å². The van der Waals surface area contributed by atoms with E-state index in [-0.39, 0.29) is 29.9 Å². The predicted molar refractivity (Wildman–Crippen MR) is 161 cm³/mol. The molecule has 2 heterocycles. The van der Waals surface area contributed by atoms with Crippen LogP contribution in [0.4, 0.5) is 0 Å². The lowest BCUT2D eigenvalue weighted by molar-refractivity contribution is -0.131. The highest BCUT2D eigenvalue weighted by Gasteiger charge is 2.18. The van der Waals surface area contributed by atoms with Gasteiger partial charge in [0.1, 0.15) is 11.4 Å². The highest BCUT2D eigenvalue weighted by atomic mass is 16.3. The molecule has 4 N–H and O–H groups in total. The molecule has 8 nitrogen and oxygen atoms in total. The van der Waals surface area contributed by atoms with Gasteiger partial charge in [0.25, 0.3) is 0 Å². The molecule has 0 aliphatic rings. The quantitative estimate of drug-likeness (QED) is 0.218. The Balaban J connectivity index is 1.31. The third kappa shape index (κ3) is 8.35. The molecule has 0 bridgehead atoms. The van der Waals surface area contributed by atoms with Crippen molar-refractivity contribution in [3.05, 3.63) is 95.8 Å². The maximum Gasteiger partial charge on any atom is 0.243 e. The SMILES string of the molecule is CC(C)(C)c1ccc(-n2nc(-c3ccccn3)cc2CCCCCC(=O)NC(=O)C(N)Cc2cccc(O)c2)cc1. The Labute approximate surface area is 241 Å². The molecule has 0 aliphatic carbocycles. The van der Waals surface area contributed by atoms with Crippen molar-refractivity contribution in [3.8, 4) is 22.8 Å². The highest BCUT2D eigenvalue weighted by Crippen LogP contribution is 2.26. The summed E-state index contributed by atoms with van der Waals surface area (Å²) in [6.45, 7) is 6.59. The molecule has 214 valence electrons. The van der Waals surface area contributed by atoms with E-state index in [4.69, 9.17) is 10.8 Å². The van der Waals surface area contributed by atoms with E-state index in [1.54, 1.807) is 30.5 Å². The van der Waals surface area contributed by atoms with Gasteiger partial charge in [-0.1, -0.05) is 57.5 Å². The molecular weight excluding hydrogens is 514 g/mol. The number of carbonyl (C=O) groups excluding carboxylic acids is 2. The first-order valence-corrected chi connectivity index (χ1v) is 14.1. The van der Waals surface area contributed by atoms with Crippen LogP contribution in [0.15, 0.2) is 79.0 Å². The van der Waals surface area contributed by atoms with Gasteiger partial charge in [0.05, 0.1) is 17.4 Å². The van der Waals surface area contributed by atoms with Crippen molar-refractivity contribution in [3.63, 3.8) is 0 Å². The Kier molecular flexibility index (Phi) is 9.68. The molecule has 1 unspecified atom stereocenters. The van der Waals surface area contributed by atoms with Crippen LogP contribution in [0, 0.1) is 0 Å². The molecule has 0 spiro atoms. The van der Waals surface area contributed by atoms with Gasteiger partial charge < -0.3 is 10.8 Å². The minimum absolute atomic E-state index is 0.0679. The van der Waals surface area contributed by atoms with Crippen LogP contribution in [-0.2, 0) is 27.8 Å². The topological polar surface area (TPSA) is 123 Å². The summed E-state index contributed by atoms with van der Waals surface area (Å²) in [5.74, 6) is -0.731. The molecule has 2 aromatic heterocycles. The molecule has 0 aliphatic heterocycles. The number of hydrogen-bond donors (Lipinski definition) is 3. The van der Waals surface area contributed by atoms with Gasteiger partial charge in [-0.05, 0) is 84.7 Å². The number of nitrogens with two attached hydrogens (primary N) is 1. The summed E-state index contributed by atoms with van der Waals surface area (Å²) in [7, 11) is 0. The first kappa shape index (κ1) is 29.7. The number of aryl methyl sites for hydroxylation is 1. The Morgan fingerprint density at radius 1 is 0.951 bits per heavy atom. The molecule has 4 rings (SSSR count). The number of unbranched alkanes of at least 4 members (excludes halogenated alkanes) is 2. The summed E-state index contributed by atoms with van der Waals surface area (Å²) in [6.07, 6.45) is 5.38. The van der Waals surface area contributed by atoms with Crippen molar-refractivity contribution in [1.82, 2.24) is 20.1 Å². The third-order valence-electron chi connectivity index (χ3n) is 6.99. The van der Waals surface area contributed by atoms with E-state index < -0.39 is 11.9 Å². The number of pyridine rings is 1. The Hall–Kier alpha value is -4.30. The van der Waals surface area contributed by atoms with Gasteiger partial charge in [-0.25, -0.2) is 4.68 Å². The highest BCUT2D eigenvalue weighted by molar-refractivity contribution is 5.97. The molecule has 0 saturated carbocycles. The van der Waals surface area contributed by atoms with Crippen LogP contribution in [-0.4, -0.2) is 37.7 Å². The molecule has 2 amide bonds. The average Bonchev–Trinajstić information content (AvgIpc) is 3.37. The molecule has 1 atom stereocenters. The second-order valence-corrected chi connectivity index (χ2v) is 11.4. The largest absolute Gasteiger partial charge is 0.508 e. The lowest BCUT2D eigenvalue weighted by atomic mass is 9.87. The summed E-state index contributed by atoms with van der Waals surface area (Å²) < 4.78 is 1.98. The van der Waals surface area contributed by atoms with Crippen LogP contribution in [0.2, 0.25) is 0 Å². The van der Waals surface area contributed by atoms with E-state index in [0.717, 1.165) is 47.6 Å². The lowest BCUT2D eigenvalue weighted by Crippen LogP contribution is -2.44. The zero-order valence-electron chi connectivity index (χ0n) is 24.0. The summed E-state index contributed by atoms with van der Waals surface area (Å²) in [5.41, 5.74) is 11.7. The smallest absolute Gasteiger partial charge is 0.243 e. The summed E-state index contributed by atoms with van der Waals surface area (Å²) in [4.78, 5) is 29.2. The van der Waals surface area contributed by atoms with Gasteiger partial charge in [-0.3, -0.25) is 19.9 Å². The van der Waals surface area contributed by atoms with Crippen molar-refractivity contribution >= 4 is 11.8 Å². The van der Waals surface area contributed by atoms with Crippen molar-refractivity contribution in [1.29, 1.82) is 0 Å². The van der Waals surface area contributed by atoms with Gasteiger partial charge in [0.15, 0.2) is 0 Å². The fraction of sp³-hybridized carbons (Fsp3) is 0.333. The second kappa shape index (κ2) is 13.4. The van der Waals surface area contributed by atoms with Crippen LogP contribution >= 0.6 is 0 Å². The number of carbonyl (C=O) groups is 2. The molecule has 0 saturated heterocycles. The van der Waals surface area contributed by atoms with Crippen molar-refractivity contribution < 1.29 is 14.7 Å². The molecule has 0 radical (unpaired) electrons. The van der Waals surface area contributed by atoms with Crippen LogP contribution in [0.25, 0.3) is 17.1 Å². The fourth-order valence-corrected chi connectivity index (χ4v) is 4.65. The zero-order chi connectivity index (χ0) is 29.4. The van der Waals surface area contributed by atoms with Crippen molar-refractivity contribution in [2.75, 3.05) is 0 Å². The summed E-state index contributed by atoms with van der Waals surface area (Å²) in [5, 5.41) is 16.9. The Morgan fingerprint density at radius 2 is 1.73 bits per heavy atom. The molecule has 2 aromatic carbocycles. The molecule has 4 aromatic rings. The van der Waals surface area contributed by atoms with Gasteiger partial charge in [-0.2, -0.15) is 5.10 Å². The second-order valence-electron chi connectivity index (χ2n) is 11.4. The number of imide groups is 1. The molecule has 8 heteroatoms. The summed E-state index contributed by atoms with van der Waals surface area (Å²) >= 11 is 0. The van der Waals surface area contributed by atoms with Crippen LogP contribution in [0.5, 0.6) is 5.75 Å². The number of benzene rings is 2. The first-order valence-electron chi connectivity index (χ1n) is 14.1. The molecule has 41 heavy (non-hydrogen) atoms. The first-order chi connectivity index (χ1) is 19.6. The Bertz CT molecular complexity index is 1460. The van der Waals surface area contributed by atoms with Gasteiger partial charge in [0, 0.05) is 18.3 Å². The number of phenols is 1. The molecule has 0 fully saturated rings. The van der Waals surface area contributed by atoms with Crippen molar-refractivity contribution in [2.45, 2.75) is 70.8 Å². The fourth-order valence-electron chi connectivity index (χ4n) is 4.65. The maximum atomic E-state index is 12.3. The normalized spacial score (nSPS) is 12.2. The monoisotopic (exact) mass is 553 g/mol. The Morgan fingerprint density at radius 3 is 2.41 bits per heavy atom. The van der Waals surface area contributed by atoms with E-state index in [9.17, 15) is 14.7 Å². The van der Waals surface area contributed by atoms with Gasteiger partial charge >= 0.3 is 0 Å². The summed E-state index contributed by atoms with van der Waals surface area (Å²) in [6, 6.07) is 22.1. The van der Waals surface area contributed by atoms with Crippen molar-refractivity contribution in [2.24, 2.45) is 5.73 Å². The van der Waals surface area contributed by atoms with Crippen LogP contribution in [0.3, 0.4) is 0 Å². The minimum Gasteiger partial charge on any atom is -0.508 e. The zero-order valence-corrected chi connectivity index (χ0v) is 24.0. The number of amides is 2. The predicted octanol–water partition coefficient (Wildman–Crippen LogP) is 5.25. The van der Waals surface area contributed by atoms with E-state index in [2.05, 4.69) is 61.4 Å². The van der Waals surface area contributed by atoms with E-state index in [1.807, 2.05) is 22.9 Å². The maximum absolute atomic E-state index is 12.3. The van der Waals surface area contributed by atoms with E-state index in [1.165, 1.54) is 5.56 Å². The standard InChI is InChI=1S/C33H39N5O3/c1-33(2,3)24-15-17-25(18-16-24)38-26(22-30(37-38)29-13-7-8-19-35-29)11-5-4-6-14-31(40)36-32(41)28(34)21-23-10-9-12-27(39)20-23/h7-10,12-13,15-20,22,28,39H,4-6,11,14,21,34H2,1-3H3,(H,36,40,41). The van der Waals surface area contributed by atoms with E-state index >= 15 is 0 Å². The average molecular weight is 554 g/mol. The lowest BCUT2D eigenvalue weighted by Gasteiger charge is -2.19. The number of aromatic hydroxyl groups is 1. The van der Waals surface area contributed by atoms with Crippen LogP contribution in [0.1, 0.15) is 63.3 Å². The number of aromatic nitrogens is 3. The number of phenolic OH excluding ortho intramolecular Hbond substituents is 1. The number of nitrogens with zero attached hydrogens (tertiary/aromatic N) is 3. The number of nitrogens with one attached hydrogen (secondary N) is 1.